The first kappa shape index (κ1) is 23.1. The fraction of sp³-hybridized carbons (Fsp3) is 0.192. The van der Waals surface area contributed by atoms with Gasteiger partial charge in [-0.3, -0.25) is 9.59 Å². The van der Waals surface area contributed by atoms with E-state index in [2.05, 4.69) is 11.4 Å². The number of hydrogen-bond acceptors (Lipinski definition) is 5. The summed E-state index contributed by atoms with van der Waals surface area (Å²) in [4.78, 5) is 27.0. The second-order valence-electron chi connectivity index (χ2n) is 7.05. The first-order valence-corrected chi connectivity index (χ1v) is 11.2. The highest BCUT2D eigenvalue weighted by molar-refractivity contribution is 7.99. The number of nitrogens with one attached hydrogen (secondary N) is 1. The van der Waals surface area contributed by atoms with Crippen molar-refractivity contribution < 1.29 is 14.3 Å². The molecular formula is C26H24N2O3S. The van der Waals surface area contributed by atoms with Gasteiger partial charge in [0.15, 0.2) is 0 Å². The van der Waals surface area contributed by atoms with Crippen molar-refractivity contribution in [1.29, 1.82) is 5.26 Å². The minimum atomic E-state index is -0.486. The van der Waals surface area contributed by atoms with Crippen LogP contribution in [0.1, 0.15) is 28.4 Å². The van der Waals surface area contributed by atoms with Crippen LogP contribution in [0, 0.1) is 17.2 Å². The Morgan fingerprint density at radius 2 is 1.62 bits per heavy atom. The van der Waals surface area contributed by atoms with Gasteiger partial charge in [-0.1, -0.05) is 66.4 Å². The molecule has 162 valence electrons. The summed E-state index contributed by atoms with van der Waals surface area (Å²) >= 11 is 1.37. The predicted molar refractivity (Wildman–Crippen MR) is 124 cm³/mol. The number of amides is 1. The molecule has 3 aromatic carbocycles. The van der Waals surface area contributed by atoms with Crippen LogP contribution >= 0.6 is 11.8 Å². The van der Waals surface area contributed by atoms with E-state index in [9.17, 15) is 14.9 Å². The van der Waals surface area contributed by atoms with Crippen molar-refractivity contribution in [2.45, 2.75) is 23.1 Å². The Morgan fingerprint density at radius 1 is 0.969 bits per heavy atom. The number of hydrogen-bond donors (Lipinski definition) is 1. The van der Waals surface area contributed by atoms with E-state index in [0.717, 1.165) is 15.4 Å². The number of carbonyl (C=O) groups is 2. The summed E-state index contributed by atoms with van der Waals surface area (Å²) < 4.78 is 5.22. The fourth-order valence-electron chi connectivity index (χ4n) is 3.22. The first-order valence-electron chi connectivity index (χ1n) is 10.4. The summed E-state index contributed by atoms with van der Waals surface area (Å²) in [5, 5.41) is 12.2. The third-order valence-corrected chi connectivity index (χ3v) is 5.96. The van der Waals surface area contributed by atoms with E-state index in [0.29, 0.717) is 17.5 Å². The molecule has 0 radical (unpaired) electrons. The molecular weight excluding hydrogens is 420 g/mol. The topological polar surface area (TPSA) is 79.2 Å². The average Bonchev–Trinajstić information content (AvgIpc) is 2.83. The molecule has 1 amide bonds. The van der Waals surface area contributed by atoms with Gasteiger partial charge in [0, 0.05) is 16.3 Å². The molecule has 0 aromatic heterocycles. The Kier molecular flexibility index (Phi) is 8.47. The molecule has 5 nitrogen and oxygen atoms in total. The normalized spacial score (nSPS) is 11.2. The SMILES string of the molecule is CCOC(=O)[C@@H](CNC(=O)c1ccccc1Sc1ccccc1C#N)Cc1ccccc1. The van der Waals surface area contributed by atoms with Gasteiger partial charge in [-0.2, -0.15) is 5.26 Å². The molecule has 0 saturated carbocycles. The minimum absolute atomic E-state index is 0.167. The Hall–Kier alpha value is -3.56. The monoisotopic (exact) mass is 444 g/mol. The van der Waals surface area contributed by atoms with Crippen molar-refractivity contribution >= 4 is 23.6 Å². The standard InChI is InChI=1S/C26H24N2O3S/c1-2-31-26(30)21(16-19-10-4-3-5-11-19)18-28-25(29)22-13-7-9-15-24(22)32-23-14-8-6-12-20(23)17-27/h3-15,21H,2,16,18H2,1H3,(H,28,29)/t21-/m1/s1. The molecule has 0 aliphatic rings. The van der Waals surface area contributed by atoms with Gasteiger partial charge in [0.1, 0.15) is 6.07 Å². The van der Waals surface area contributed by atoms with Crippen molar-refractivity contribution in [2.75, 3.05) is 13.2 Å². The van der Waals surface area contributed by atoms with Gasteiger partial charge in [0.25, 0.3) is 5.91 Å². The van der Waals surface area contributed by atoms with E-state index < -0.39 is 5.92 Å². The van der Waals surface area contributed by atoms with E-state index in [-0.39, 0.29) is 25.0 Å². The number of nitrogens with zero attached hydrogens (tertiary/aromatic N) is 1. The molecule has 0 bridgehead atoms. The summed E-state index contributed by atoms with van der Waals surface area (Å²) in [5.41, 5.74) is 2.05. The molecule has 0 spiro atoms. The molecule has 0 aliphatic heterocycles. The quantitative estimate of drug-likeness (QED) is 0.477. The van der Waals surface area contributed by atoms with Crippen LogP contribution < -0.4 is 5.32 Å². The lowest BCUT2D eigenvalue weighted by atomic mass is 9.99. The number of ether oxygens (including phenoxy) is 1. The van der Waals surface area contributed by atoms with Gasteiger partial charge in [0.05, 0.1) is 23.7 Å². The number of rotatable bonds is 9. The summed E-state index contributed by atoms with van der Waals surface area (Å²) in [7, 11) is 0. The van der Waals surface area contributed by atoms with Crippen molar-refractivity contribution in [3.05, 3.63) is 95.6 Å². The van der Waals surface area contributed by atoms with E-state index in [4.69, 9.17) is 4.74 Å². The van der Waals surface area contributed by atoms with Crippen molar-refractivity contribution in [2.24, 2.45) is 5.92 Å². The van der Waals surface area contributed by atoms with Gasteiger partial charge >= 0.3 is 5.97 Å². The van der Waals surface area contributed by atoms with Crippen molar-refractivity contribution in [1.82, 2.24) is 5.32 Å². The molecule has 0 saturated heterocycles. The fourth-order valence-corrected chi connectivity index (χ4v) is 4.24. The van der Waals surface area contributed by atoms with Crippen LogP contribution in [-0.4, -0.2) is 25.0 Å². The average molecular weight is 445 g/mol. The van der Waals surface area contributed by atoms with E-state index in [1.807, 2.05) is 60.7 Å². The van der Waals surface area contributed by atoms with Gasteiger partial charge in [0.2, 0.25) is 0 Å². The van der Waals surface area contributed by atoms with Crippen molar-refractivity contribution in [3.8, 4) is 6.07 Å². The molecule has 1 N–H and O–H groups in total. The number of carbonyl (C=O) groups excluding carboxylic acids is 2. The van der Waals surface area contributed by atoms with Crippen LogP contribution in [-0.2, 0) is 16.0 Å². The van der Waals surface area contributed by atoms with Crippen LogP contribution in [0.15, 0.2) is 88.7 Å². The van der Waals surface area contributed by atoms with Gasteiger partial charge in [-0.15, -0.1) is 0 Å². The second-order valence-corrected chi connectivity index (χ2v) is 8.14. The van der Waals surface area contributed by atoms with Gasteiger partial charge < -0.3 is 10.1 Å². The van der Waals surface area contributed by atoms with E-state index in [1.54, 1.807) is 25.1 Å². The highest BCUT2D eigenvalue weighted by atomic mass is 32.2. The third-order valence-electron chi connectivity index (χ3n) is 4.81. The predicted octanol–water partition coefficient (Wildman–Crippen LogP) is 4.86. The van der Waals surface area contributed by atoms with Crippen molar-refractivity contribution in [3.63, 3.8) is 0 Å². The van der Waals surface area contributed by atoms with Crippen LogP contribution in [0.25, 0.3) is 0 Å². The van der Waals surface area contributed by atoms with E-state index in [1.165, 1.54) is 11.8 Å². The number of esters is 1. The zero-order chi connectivity index (χ0) is 22.8. The Morgan fingerprint density at radius 3 is 2.34 bits per heavy atom. The highest BCUT2D eigenvalue weighted by Gasteiger charge is 2.22. The maximum absolute atomic E-state index is 13.0. The number of benzene rings is 3. The molecule has 0 aliphatic carbocycles. The van der Waals surface area contributed by atoms with Crippen LogP contribution in [0.3, 0.4) is 0 Å². The molecule has 3 rings (SSSR count). The molecule has 0 heterocycles. The zero-order valence-electron chi connectivity index (χ0n) is 17.8. The van der Waals surface area contributed by atoms with Gasteiger partial charge in [-0.25, -0.2) is 0 Å². The Bertz CT molecular complexity index is 1110. The lowest BCUT2D eigenvalue weighted by Gasteiger charge is -2.17. The number of nitriles is 1. The highest BCUT2D eigenvalue weighted by Crippen LogP contribution is 2.32. The largest absolute Gasteiger partial charge is 0.466 e. The maximum Gasteiger partial charge on any atom is 0.311 e. The molecule has 0 fully saturated rings. The summed E-state index contributed by atoms with van der Waals surface area (Å²) in [5.74, 6) is -1.09. The third kappa shape index (κ3) is 6.22. The minimum Gasteiger partial charge on any atom is -0.466 e. The van der Waals surface area contributed by atoms with Crippen LogP contribution in [0.4, 0.5) is 0 Å². The smallest absolute Gasteiger partial charge is 0.311 e. The lowest BCUT2D eigenvalue weighted by Crippen LogP contribution is -2.35. The zero-order valence-corrected chi connectivity index (χ0v) is 18.6. The first-order chi connectivity index (χ1) is 15.6. The molecule has 3 aromatic rings. The maximum atomic E-state index is 13.0. The molecule has 6 heteroatoms. The van der Waals surface area contributed by atoms with Crippen LogP contribution in [0.2, 0.25) is 0 Å². The summed E-state index contributed by atoms with van der Waals surface area (Å²) in [6.07, 6.45) is 0.478. The molecule has 1 atom stereocenters. The Labute approximate surface area is 192 Å². The van der Waals surface area contributed by atoms with Gasteiger partial charge in [-0.05, 0) is 43.2 Å². The summed E-state index contributed by atoms with van der Waals surface area (Å²) in [6, 6.07) is 26.3. The Balaban J connectivity index is 1.74. The van der Waals surface area contributed by atoms with E-state index >= 15 is 0 Å². The molecule has 0 unspecified atom stereocenters. The lowest BCUT2D eigenvalue weighted by molar-refractivity contribution is -0.147. The molecule has 32 heavy (non-hydrogen) atoms. The van der Waals surface area contributed by atoms with Crippen LogP contribution in [0.5, 0.6) is 0 Å². The second kappa shape index (κ2) is 11.7. The summed E-state index contributed by atoms with van der Waals surface area (Å²) in [6.45, 7) is 2.22.